The molecule has 0 aliphatic heterocycles. The molecule has 7 N–H and O–H groups in total. The zero-order chi connectivity index (χ0) is 41.6. The second-order valence-corrected chi connectivity index (χ2v) is 15.1. The third-order valence-electron chi connectivity index (χ3n) is 6.10. The summed E-state index contributed by atoms with van der Waals surface area (Å²) in [5.74, 6) is -2.86. The van der Waals surface area contributed by atoms with Crippen LogP contribution in [0, 0.1) is 11.3 Å². The lowest BCUT2D eigenvalue weighted by molar-refractivity contribution is -0.146. The van der Waals surface area contributed by atoms with Crippen molar-refractivity contribution in [2.24, 2.45) is 5.73 Å². The molecule has 54 heavy (non-hydrogen) atoms. The van der Waals surface area contributed by atoms with Crippen LogP contribution in [0.3, 0.4) is 0 Å². The number of hydrogen-bond donors (Lipinski definition) is 6. The van der Waals surface area contributed by atoms with Gasteiger partial charge in [-0.2, -0.15) is 33.4 Å². The topological polar surface area (TPSA) is 260 Å². The zero-order valence-corrected chi connectivity index (χ0v) is 32.3. The number of nitrogens with zero attached hydrogens (tertiary/aromatic N) is 4. The van der Waals surface area contributed by atoms with Crippen LogP contribution in [0.5, 0.6) is 11.5 Å². The van der Waals surface area contributed by atoms with E-state index in [-0.39, 0.29) is 50.9 Å². The Bertz CT molecular complexity index is 1880. The van der Waals surface area contributed by atoms with Gasteiger partial charge in [-0.05, 0) is 82.1 Å². The van der Waals surface area contributed by atoms with Crippen molar-refractivity contribution in [2.45, 2.75) is 58.0 Å². The van der Waals surface area contributed by atoms with Crippen LogP contribution in [0.4, 0.5) is 25.1 Å². The van der Waals surface area contributed by atoms with Crippen LogP contribution in [0.25, 0.3) is 0 Å². The highest BCUT2D eigenvalue weighted by Crippen LogP contribution is 2.37. The van der Waals surface area contributed by atoms with Gasteiger partial charge in [-0.1, -0.05) is 23.2 Å². The number of carboxylic acid groups (broad SMARTS) is 2. The lowest BCUT2D eigenvalue weighted by Crippen LogP contribution is -2.30. The number of benzene rings is 2. The molecule has 0 radical (unpaired) electrons. The van der Waals surface area contributed by atoms with Crippen LogP contribution in [-0.4, -0.2) is 85.0 Å². The highest BCUT2D eigenvalue weighted by molar-refractivity contribution is 7.57. The first kappa shape index (κ1) is 47.6. The lowest BCUT2D eigenvalue weighted by atomic mass is 10.1. The molecule has 0 aliphatic rings. The van der Waals surface area contributed by atoms with Crippen molar-refractivity contribution in [3.05, 3.63) is 62.9 Å². The molecule has 1 heterocycles. The van der Waals surface area contributed by atoms with Crippen LogP contribution in [0.1, 0.15) is 50.0 Å². The number of ether oxygens (including phenoxy) is 2. The Morgan fingerprint density at radius 1 is 1.02 bits per heavy atom. The minimum absolute atomic E-state index is 0.0246. The summed E-state index contributed by atoms with van der Waals surface area (Å²) in [7, 11) is -3.10. The number of carbonyl (C=O) groups is 3. The fourth-order valence-corrected chi connectivity index (χ4v) is 4.67. The molecule has 2 unspecified atom stereocenters. The number of carbonyl (C=O) groups excluding carboxylic acids is 1. The van der Waals surface area contributed by atoms with E-state index in [0.717, 1.165) is 25.1 Å². The second-order valence-electron chi connectivity index (χ2n) is 11.4. The lowest BCUT2D eigenvalue weighted by Gasteiger charge is -2.17. The monoisotopic (exact) mass is 843 g/mol. The smallest absolute Gasteiger partial charge is 0.416 e. The van der Waals surface area contributed by atoms with Gasteiger partial charge in [0.05, 0.1) is 27.2 Å². The molecule has 0 aliphatic carbocycles. The van der Waals surface area contributed by atoms with E-state index in [4.69, 9.17) is 70.4 Å². The first-order valence-electron chi connectivity index (χ1n) is 15.2. The molecule has 2 aromatic carbocycles. The Hall–Kier alpha value is -4.44. The van der Waals surface area contributed by atoms with E-state index in [9.17, 15) is 32.1 Å². The predicted octanol–water partition coefficient (Wildman–Crippen LogP) is 6.79. The van der Waals surface area contributed by atoms with Crippen molar-refractivity contribution >= 4 is 72.0 Å². The first-order valence-corrected chi connectivity index (χ1v) is 18.6. The van der Waals surface area contributed by atoms with Crippen LogP contribution in [0.2, 0.25) is 15.3 Å². The minimum atomic E-state index is -4.56. The summed E-state index contributed by atoms with van der Waals surface area (Å²) in [4.78, 5) is 53.5. The molecule has 3 atom stereocenters. The largest absolute Gasteiger partial charge is 0.480 e. The number of nitrogens with one attached hydrogen (secondary N) is 2. The molecule has 0 saturated heterocycles. The molecular weight excluding hydrogens is 809 g/mol. The molecule has 0 amide bonds. The van der Waals surface area contributed by atoms with E-state index in [1.165, 1.54) is 18.8 Å². The standard InChI is InChI=1S/C17H11Cl2F3O5.C9H13ClN6.C5H12NO4P/c1-8(15(23)24)26-16(25)11-7-10(3-4-12(11)18)27-14-5-2-9(6-13(14)19)17(20,21)22;1-4-12-7-13-6(10)14-8(15-7)16-9(2,3)5-11;1-11(9,10)3-2-4(6)5(7)8/h2-8H,1H3,(H,23,24);4H2,1-3H3,(H2,12,13,14,15,16);4H,2-3,6H2,1H3,(H,7,8)(H,9,10)/t8-;;/m0../s1. The van der Waals surface area contributed by atoms with E-state index in [1.807, 2.05) is 6.92 Å². The van der Waals surface area contributed by atoms with E-state index < -0.39 is 54.7 Å². The maximum atomic E-state index is 12.7. The molecule has 0 bridgehead atoms. The minimum Gasteiger partial charge on any atom is -0.480 e. The van der Waals surface area contributed by atoms with Crippen molar-refractivity contribution in [3.63, 3.8) is 0 Å². The summed E-state index contributed by atoms with van der Waals surface area (Å²) in [5.41, 5.74) is 3.22. The summed E-state index contributed by atoms with van der Waals surface area (Å²) in [6, 6.07) is 7.39. The predicted molar refractivity (Wildman–Crippen MR) is 194 cm³/mol. The van der Waals surface area contributed by atoms with Gasteiger partial charge in [0.15, 0.2) is 13.5 Å². The highest BCUT2D eigenvalue weighted by atomic mass is 35.5. The number of hydrogen-bond acceptors (Lipinski definition) is 13. The van der Waals surface area contributed by atoms with E-state index in [1.54, 1.807) is 13.8 Å². The van der Waals surface area contributed by atoms with E-state index in [0.29, 0.717) is 18.6 Å². The molecule has 0 saturated carbocycles. The maximum Gasteiger partial charge on any atom is 0.416 e. The fraction of sp³-hybridized carbons (Fsp3) is 0.387. The van der Waals surface area contributed by atoms with Crippen LogP contribution in [-0.2, 0) is 25.1 Å². The quantitative estimate of drug-likeness (QED) is 0.0764. The fourth-order valence-electron chi connectivity index (χ4n) is 3.34. The Morgan fingerprint density at radius 2 is 1.63 bits per heavy atom. The van der Waals surface area contributed by atoms with Gasteiger partial charge in [0.1, 0.15) is 23.1 Å². The molecule has 16 nitrogen and oxygen atoms in total. The molecule has 0 spiro atoms. The Labute approximate surface area is 322 Å². The van der Waals surface area contributed by atoms with Gasteiger partial charge in [0.2, 0.25) is 17.2 Å². The SMILES string of the molecule is CCNc1nc(Cl)nc(NC(C)(C)C#N)n1.CP(=O)(O)CCC(N)C(=O)O.C[C@H](OC(=O)c1cc(Oc2ccc(C(F)(F)F)cc2Cl)ccc1Cl)C(=O)O. The van der Waals surface area contributed by atoms with Gasteiger partial charge in [0.25, 0.3) is 0 Å². The number of anilines is 2. The molecule has 1 aromatic heterocycles. The van der Waals surface area contributed by atoms with Gasteiger partial charge >= 0.3 is 24.1 Å². The van der Waals surface area contributed by atoms with Gasteiger partial charge in [-0.25, -0.2) is 9.59 Å². The number of aromatic nitrogens is 3. The second kappa shape index (κ2) is 20.9. The average molecular weight is 845 g/mol. The Morgan fingerprint density at radius 3 is 2.13 bits per heavy atom. The number of nitrogens with two attached hydrogens (primary N) is 1. The number of rotatable bonds is 13. The number of carboxylic acids is 2. The van der Waals surface area contributed by atoms with Gasteiger partial charge in [0, 0.05) is 19.4 Å². The summed E-state index contributed by atoms with van der Waals surface area (Å²) < 4.78 is 58.8. The van der Waals surface area contributed by atoms with E-state index in [2.05, 4.69) is 31.7 Å². The number of aliphatic carboxylic acids is 2. The zero-order valence-electron chi connectivity index (χ0n) is 29.1. The number of alkyl halides is 3. The van der Waals surface area contributed by atoms with Crippen molar-refractivity contribution in [1.29, 1.82) is 5.26 Å². The normalized spacial score (nSPS) is 13.2. The molecule has 0 fully saturated rings. The van der Waals surface area contributed by atoms with Gasteiger partial charge < -0.3 is 40.9 Å². The maximum absolute atomic E-state index is 12.7. The van der Waals surface area contributed by atoms with Crippen LogP contribution >= 0.6 is 42.2 Å². The summed E-state index contributed by atoms with van der Waals surface area (Å²) >= 11 is 17.5. The van der Waals surface area contributed by atoms with Gasteiger partial charge in [-0.3, -0.25) is 9.36 Å². The van der Waals surface area contributed by atoms with Gasteiger partial charge in [-0.15, -0.1) is 0 Å². The van der Waals surface area contributed by atoms with Crippen LogP contribution in [0.15, 0.2) is 36.4 Å². The third kappa shape index (κ3) is 17.6. The first-order chi connectivity index (χ1) is 24.8. The molecule has 3 aromatic rings. The number of nitriles is 1. The Kier molecular flexibility index (Phi) is 18.4. The van der Waals surface area contributed by atoms with Crippen molar-refractivity contribution in [1.82, 2.24) is 15.0 Å². The molecular formula is C31H36Cl3F3N7O9P. The third-order valence-corrected chi connectivity index (χ3v) is 7.98. The summed E-state index contributed by atoms with van der Waals surface area (Å²) in [6.07, 6.45) is -5.96. The highest BCUT2D eigenvalue weighted by Gasteiger charge is 2.31. The Balaban J connectivity index is 0.000000456. The number of esters is 1. The molecule has 23 heteroatoms. The molecule has 296 valence electrons. The van der Waals surface area contributed by atoms with Crippen molar-refractivity contribution < 1.29 is 56.7 Å². The van der Waals surface area contributed by atoms with Crippen molar-refractivity contribution in [2.75, 3.05) is 30.0 Å². The number of halogens is 6. The van der Waals surface area contributed by atoms with E-state index >= 15 is 0 Å². The van der Waals surface area contributed by atoms with Crippen LogP contribution < -0.4 is 21.1 Å². The van der Waals surface area contributed by atoms with Crippen molar-refractivity contribution in [3.8, 4) is 17.6 Å². The molecule has 3 rings (SSSR count). The summed E-state index contributed by atoms with van der Waals surface area (Å²) in [6.45, 7) is 8.39. The summed E-state index contributed by atoms with van der Waals surface area (Å²) in [5, 5.41) is 31.5. The average Bonchev–Trinajstić information content (AvgIpc) is 3.04.